The molecule has 0 aliphatic heterocycles. The lowest BCUT2D eigenvalue weighted by Crippen LogP contribution is -2.21. The van der Waals surface area contributed by atoms with Crippen LogP contribution in [0.15, 0.2) is 47.3 Å². The molecular weight excluding hydrogens is 294 g/mol. The molecule has 0 radical (unpaired) electrons. The minimum atomic E-state index is 0.211. The Morgan fingerprint density at radius 2 is 2.09 bits per heavy atom. The third kappa shape index (κ3) is 3.10. The van der Waals surface area contributed by atoms with E-state index in [1.165, 1.54) is 16.0 Å². The van der Waals surface area contributed by atoms with E-state index in [4.69, 9.17) is 4.52 Å². The van der Waals surface area contributed by atoms with Crippen molar-refractivity contribution in [2.75, 3.05) is 7.05 Å². The number of thiazole rings is 1. The summed E-state index contributed by atoms with van der Waals surface area (Å²) < 4.78 is 4.92. The van der Waals surface area contributed by atoms with E-state index in [-0.39, 0.29) is 6.04 Å². The molecule has 0 aliphatic carbocycles. The van der Waals surface area contributed by atoms with E-state index in [1.807, 2.05) is 12.3 Å². The van der Waals surface area contributed by atoms with Crippen molar-refractivity contribution in [1.82, 2.24) is 15.0 Å². The molecule has 2 aromatic heterocycles. The van der Waals surface area contributed by atoms with Crippen molar-refractivity contribution >= 4 is 11.3 Å². The highest BCUT2D eigenvalue weighted by atomic mass is 32.1. The Balaban J connectivity index is 1.73. The van der Waals surface area contributed by atoms with Gasteiger partial charge in [-0.15, -0.1) is 11.3 Å². The summed E-state index contributed by atoms with van der Waals surface area (Å²) in [4.78, 5) is 8.07. The zero-order valence-electron chi connectivity index (χ0n) is 13.0. The van der Waals surface area contributed by atoms with Gasteiger partial charge in [0, 0.05) is 29.2 Å². The molecule has 0 fully saturated rings. The van der Waals surface area contributed by atoms with Crippen LogP contribution < -0.4 is 0 Å². The summed E-state index contributed by atoms with van der Waals surface area (Å²) in [5.74, 6) is 0. The zero-order chi connectivity index (χ0) is 15.5. The van der Waals surface area contributed by atoms with E-state index in [9.17, 15) is 0 Å². The minimum Gasteiger partial charge on any atom is -0.364 e. The van der Waals surface area contributed by atoms with Gasteiger partial charge in [-0.1, -0.05) is 29.4 Å². The normalized spacial score (nSPS) is 12.7. The average molecular weight is 313 g/mol. The molecule has 0 amide bonds. The van der Waals surface area contributed by atoms with Crippen molar-refractivity contribution in [2.24, 2.45) is 0 Å². The molecule has 4 nitrogen and oxygen atoms in total. The molecule has 0 spiro atoms. The zero-order valence-corrected chi connectivity index (χ0v) is 13.8. The van der Waals surface area contributed by atoms with Gasteiger partial charge in [-0.05, 0) is 26.5 Å². The number of rotatable bonds is 5. The van der Waals surface area contributed by atoms with Crippen LogP contribution in [-0.2, 0) is 6.54 Å². The van der Waals surface area contributed by atoms with E-state index >= 15 is 0 Å². The molecule has 3 aromatic rings. The molecule has 0 bridgehead atoms. The minimum absolute atomic E-state index is 0.211. The van der Waals surface area contributed by atoms with Gasteiger partial charge in [-0.3, -0.25) is 4.90 Å². The maximum atomic E-state index is 4.92. The second-order valence-corrected chi connectivity index (χ2v) is 6.58. The Bertz CT molecular complexity index is 736. The highest BCUT2D eigenvalue weighted by Gasteiger charge is 2.16. The third-order valence-electron chi connectivity index (χ3n) is 3.88. The van der Waals surface area contributed by atoms with Crippen LogP contribution in [0.2, 0.25) is 0 Å². The highest BCUT2D eigenvalue weighted by molar-refractivity contribution is 7.15. The fraction of sp³-hybridized carbons (Fsp3) is 0.294. The second-order valence-electron chi connectivity index (χ2n) is 5.46. The van der Waals surface area contributed by atoms with E-state index in [1.54, 1.807) is 17.6 Å². The van der Waals surface area contributed by atoms with E-state index in [0.29, 0.717) is 0 Å². The van der Waals surface area contributed by atoms with Gasteiger partial charge in [0.25, 0.3) is 0 Å². The highest BCUT2D eigenvalue weighted by Crippen LogP contribution is 2.29. The van der Waals surface area contributed by atoms with Gasteiger partial charge >= 0.3 is 0 Å². The second kappa shape index (κ2) is 6.42. The average Bonchev–Trinajstić information content (AvgIpc) is 3.18. The van der Waals surface area contributed by atoms with Crippen molar-refractivity contribution in [2.45, 2.75) is 26.4 Å². The molecule has 0 saturated heterocycles. The lowest BCUT2D eigenvalue weighted by molar-refractivity contribution is 0.242. The number of hydrogen-bond donors (Lipinski definition) is 0. The molecule has 114 valence electrons. The predicted molar refractivity (Wildman–Crippen MR) is 88.7 cm³/mol. The number of aryl methyl sites for hydroxylation is 1. The topological polar surface area (TPSA) is 42.2 Å². The lowest BCUT2D eigenvalue weighted by atomic mass is 10.1. The van der Waals surface area contributed by atoms with Crippen LogP contribution in [0.5, 0.6) is 0 Å². The van der Waals surface area contributed by atoms with Crippen LogP contribution in [0.3, 0.4) is 0 Å². The van der Waals surface area contributed by atoms with Crippen molar-refractivity contribution in [3.05, 3.63) is 58.9 Å². The van der Waals surface area contributed by atoms with Gasteiger partial charge in [0.2, 0.25) is 0 Å². The molecule has 0 aliphatic rings. The van der Waals surface area contributed by atoms with Crippen molar-refractivity contribution in [1.29, 1.82) is 0 Å². The Labute approximate surface area is 134 Å². The summed E-state index contributed by atoms with van der Waals surface area (Å²) in [6, 6.07) is 10.5. The first kappa shape index (κ1) is 14.9. The SMILES string of the molecule is Cc1ccccc1-c1ncc(CN(C)C(C)c2ccon2)s1. The molecule has 3 rings (SSSR count). The molecule has 0 N–H and O–H groups in total. The number of nitrogens with zero attached hydrogens (tertiary/aromatic N) is 3. The lowest BCUT2D eigenvalue weighted by Gasteiger charge is -2.21. The van der Waals surface area contributed by atoms with E-state index in [2.05, 4.69) is 60.2 Å². The Morgan fingerprint density at radius 3 is 2.82 bits per heavy atom. The largest absolute Gasteiger partial charge is 0.364 e. The summed E-state index contributed by atoms with van der Waals surface area (Å²) in [7, 11) is 2.09. The Morgan fingerprint density at radius 1 is 1.27 bits per heavy atom. The first-order valence-electron chi connectivity index (χ1n) is 7.26. The molecule has 5 heteroatoms. The van der Waals surface area contributed by atoms with E-state index < -0.39 is 0 Å². The molecule has 1 atom stereocenters. The fourth-order valence-electron chi connectivity index (χ4n) is 2.36. The number of hydrogen-bond acceptors (Lipinski definition) is 5. The van der Waals surface area contributed by atoms with Crippen LogP contribution in [-0.4, -0.2) is 22.1 Å². The van der Waals surface area contributed by atoms with Crippen LogP contribution in [0.4, 0.5) is 0 Å². The molecule has 0 saturated carbocycles. The fourth-order valence-corrected chi connectivity index (χ4v) is 3.43. The van der Waals surface area contributed by atoms with E-state index in [0.717, 1.165) is 17.2 Å². The molecule has 22 heavy (non-hydrogen) atoms. The van der Waals surface area contributed by atoms with Crippen LogP contribution >= 0.6 is 11.3 Å². The number of benzene rings is 1. The third-order valence-corrected chi connectivity index (χ3v) is 4.90. The molecule has 1 unspecified atom stereocenters. The van der Waals surface area contributed by atoms with Gasteiger partial charge in [0.05, 0.1) is 6.04 Å². The quantitative estimate of drug-likeness (QED) is 0.704. The van der Waals surface area contributed by atoms with Gasteiger partial charge < -0.3 is 4.52 Å². The first-order chi connectivity index (χ1) is 10.6. The summed E-state index contributed by atoms with van der Waals surface area (Å²) in [6.07, 6.45) is 3.58. The Hall–Kier alpha value is -1.98. The molecule has 2 heterocycles. The summed E-state index contributed by atoms with van der Waals surface area (Å²) >= 11 is 1.75. The molecular formula is C17H19N3OS. The van der Waals surface area contributed by atoms with Crippen LogP contribution in [0.25, 0.3) is 10.6 Å². The van der Waals surface area contributed by atoms with Gasteiger partial charge in [0.15, 0.2) is 0 Å². The number of aromatic nitrogens is 2. The standard InChI is InChI=1S/C17H19N3OS/c1-12-6-4-5-7-15(12)17-18-10-14(22-17)11-20(3)13(2)16-8-9-21-19-16/h4-10,13H,11H2,1-3H3. The van der Waals surface area contributed by atoms with Gasteiger partial charge in [-0.2, -0.15) is 0 Å². The van der Waals surface area contributed by atoms with Gasteiger partial charge in [-0.25, -0.2) is 4.98 Å². The van der Waals surface area contributed by atoms with Crippen molar-refractivity contribution in [3.63, 3.8) is 0 Å². The Kier molecular flexibility index (Phi) is 4.36. The maximum Gasteiger partial charge on any atom is 0.124 e. The summed E-state index contributed by atoms with van der Waals surface area (Å²) in [5, 5.41) is 5.09. The smallest absolute Gasteiger partial charge is 0.124 e. The molecule has 1 aromatic carbocycles. The van der Waals surface area contributed by atoms with Crippen LogP contribution in [0, 0.1) is 6.92 Å². The monoisotopic (exact) mass is 313 g/mol. The first-order valence-corrected chi connectivity index (χ1v) is 8.08. The maximum absolute atomic E-state index is 4.92. The summed E-state index contributed by atoms with van der Waals surface area (Å²) in [6.45, 7) is 5.09. The predicted octanol–water partition coefficient (Wildman–Crippen LogP) is 4.30. The van der Waals surface area contributed by atoms with Crippen molar-refractivity contribution < 1.29 is 4.52 Å². The van der Waals surface area contributed by atoms with Crippen LogP contribution in [0.1, 0.15) is 29.1 Å². The van der Waals surface area contributed by atoms with Crippen molar-refractivity contribution in [3.8, 4) is 10.6 Å². The van der Waals surface area contributed by atoms with Gasteiger partial charge in [0.1, 0.15) is 17.0 Å². The summed E-state index contributed by atoms with van der Waals surface area (Å²) in [5.41, 5.74) is 3.42.